The van der Waals surface area contributed by atoms with Gasteiger partial charge < -0.3 is 4.98 Å². The van der Waals surface area contributed by atoms with Gasteiger partial charge in [0, 0.05) is 9.64 Å². The number of aromatic nitrogens is 2. The molecular weight excluding hydrogens is 395 g/mol. The summed E-state index contributed by atoms with van der Waals surface area (Å²) in [5.41, 5.74) is -4.07. The van der Waals surface area contributed by atoms with Gasteiger partial charge in [0.25, 0.3) is 5.56 Å². The summed E-state index contributed by atoms with van der Waals surface area (Å²) in [6.45, 7) is 0. The van der Waals surface area contributed by atoms with Crippen LogP contribution in [-0.2, 0) is 6.18 Å². The minimum Gasteiger partial charge on any atom is -0.303 e. The van der Waals surface area contributed by atoms with E-state index in [9.17, 15) is 27.2 Å². The van der Waals surface area contributed by atoms with Crippen LogP contribution in [0.1, 0.15) is 5.69 Å². The van der Waals surface area contributed by atoms with Crippen LogP contribution < -0.4 is 11.2 Å². The van der Waals surface area contributed by atoms with E-state index in [2.05, 4.69) is 0 Å². The summed E-state index contributed by atoms with van der Waals surface area (Å²) < 4.78 is 51.3. The molecule has 1 aromatic carbocycles. The van der Waals surface area contributed by atoms with Crippen molar-refractivity contribution in [1.29, 1.82) is 0 Å². The number of aromatic amines is 1. The molecule has 0 radical (unpaired) electrons. The first-order valence-electron chi connectivity index (χ1n) is 5.08. The number of benzene rings is 1. The quantitative estimate of drug-likeness (QED) is 0.590. The van der Waals surface area contributed by atoms with Crippen LogP contribution in [0, 0.1) is 9.39 Å². The van der Waals surface area contributed by atoms with Crippen molar-refractivity contribution in [3.05, 3.63) is 60.2 Å². The zero-order valence-electron chi connectivity index (χ0n) is 9.46. The van der Waals surface area contributed by atoms with Crippen LogP contribution in [0.5, 0.6) is 0 Å². The Morgan fingerprint density at radius 2 is 1.75 bits per heavy atom. The van der Waals surface area contributed by atoms with E-state index in [1.807, 2.05) is 0 Å². The third kappa shape index (κ3) is 2.92. The Morgan fingerprint density at radius 3 is 2.25 bits per heavy atom. The highest BCUT2D eigenvalue weighted by Crippen LogP contribution is 2.25. The fourth-order valence-electron chi connectivity index (χ4n) is 1.56. The summed E-state index contributed by atoms with van der Waals surface area (Å²) in [6, 6.07) is 3.58. The van der Waals surface area contributed by atoms with E-state index in [0.29, 0.717) is 8.14 Å². The van der Waals surface area contributed by atoms with Crippen molar-refractivity contribution >= 4 is 22.6 Å². The van der Waals surface area contributed by atoms with Gasteiger partial charge in [0.2, 0.25) is 0 Å². The van der Waals surface area contributed by atoms with Gasteiger partial charge in [-0.2, -0.15) is 13.2 Å². The minimum absolute atomic E-state index is 0.144. The van der Waals surface area contributed by atoms with Gasteiger partial charge in [-0.1, -0.05) is 0 Å². The molecule has 0 bridgehead atoms. The highest BCUT2D eigenvalue weighted by Gasteiger charge is 2.33. The van der Waals surface area contributed by atoms with Crippen molar-refractivity contribution in [2.75, 3.05) is 0 Å². The van der Waals surface area contributed by atoms with Crippen molar-refractivity contribution in [3.63, 3.8) is 0 Å². The van der Waals surface area contributed by atoms with E-state index in [1.165, 1.54) is 6.07 Å². The molecule has 0 saturated carbocycles. The van der Waals surface area contributed by atoms with Crippen LogP contribution in [0.15, 0.2) is 33.9 Å². The average molecular weight is 400 g/mol. The summed E-state index contributed by atoms with van der Waals surface area (Å²) in [5.74, 6) is -0.710. The van der Waals surface area contributed by atoms with Gasteiger partial charge in [-0.15, -0.1) is 0 Å². The molecule has 1 N–H and O–H groups in total. The molecule has 0 fully saturated rings. The molecule has 2 rings (SSSR count). The summed E-state index contributed by atoms with van der Waals surface area (Å²) >= 11 is 1.75. The Morgan fingerprint density at radius 1 is 1.10 bits per heavy atom. The molecule has 4 nitrogen and oxygen atoms in total. The van der Waals surface area contributed by atoms with E-state index in [-0.39, 0.29) is 11.8 Å². The summed E-state index contributed by atoms with van der Waals surface area (Å²) in [5, 5.41) is 0. The number of nitrogens with one attached hydrogen (secondary N) is 1. The lowest BCUT2D eigenvalue weighted by Crippen LogP contribution is -2.35. The molecule has 0 amide bonds. The van der Waals surface area contributed by atoms with Crippen molar-refractivity contribution in [3.8, 4) is 5.69 Å². The first kappa shape index (κ1) is 14.8. The second-order valence-corrected chi connectivity index (χ2v) is 5.03. The molecule has 0 atom stereocenters. The zero-order chi connectivity index (χ0) is 15.1. The predicted octanol–water partition coefficient (Wildman–Crippen LogP) is 2.29. The molecule has 0 unspecified atom stereocenters. The molecule has 1 aromatic heterocycles. The van der Waals surface area contributed by atoms with Gasteiger partial charge in [-0.25, -0.2) is 13.8 Å². The fourth-order valence-corrected chi connectivity index (χ4v) is 2.18. The number of alkyl halides is 3. The zero-order valence-corrected chi connectivity index (χ0v) is 11.6. The summed E-state index contributed by atoms with van der Waals surface area (Å²) in [7, 11) is 0. The van der Waals surface area contributed by atoms with Gasteiger partial charge in [-0.3, -0.25) is 4.79 Å². The molecule has 0 aliphatic carbocycles. The highest BCUT2D eigenvalue weighted by molar-refractivity contribution is 14.1. The molecule has 9 heteroatoms. The Balaban J connectivity index is 2.71. The SMILES string of the molecule is O=c1cc(C(F)(F)F)[nH]c(=O)n1-c1cc(F)cc(I)c1. The number of halogens is 5. The second-order valence-electron chi connectivity index (χ2n) is 3.79. The van der Waals surface area contributed by atoms with Crippen LogP contribution in [-0.4, -0.2) is 9.55 Å². The fraction of sp³-hybridized carbons (Fsp3) is 0.0909. The first-order valence-corrected chi connectivity index (χ1v) is 6.16. The molecule has 0 aliphatic heterocycles. The van der Waals surface area contributed by atoms with Crippen molar-refractivity contribution in [2.24, 2.45) is 0 Å². The number of rotatable bonds is 1. The van der Waals surface area contributed by atoms with Crippen LogP contribution in [0.2, 0.25) is 0 Å². The number of hydrogen-bond donors (Lipinski definition) is 1. The number of nitrogens with zero attached hydrogens (tertiary/aromatic N) is 1. The van der Waals surface area contributed by atoms with E-state index >= 15 is 0 Å². The third-order valence-electron chi connectivity index (χ3n) is 2.34. The Hall–Kier alpha value is -1.65. The number of H-pyrrole nitrogens is 1. The molecule has 0 spiro atoms. The minimum atomic E-state index is -4.84. The first-order chi connectivity index (χ1) is 9.18. The average Bonchev–Trinajstić information content (AvgIpc) is 2.25. The van der Waals surface area contributed by atoms with Crippen molar-refractivity contribution < 1.29 is 17.6 Å². The van der Waals surface area contributed by atoms with E-state index in [1.54, 1.807) is 27.6 Å². The van der Waals surface area contributed by atoms with Gasteiger partial charge in [-0.05, 0) is 40.8 Å². The maximum absolute atomic E-state index is 13.2. The Labute approximate surface area is 122 Å². The smallest absolute Gasteiger partial charge is 0.303 e. The lowest BCUT2D eigenvalue weighted by molar-refractivity contribution is -0.141. The summed E-state index contributed by atoms with van der Waals surface area (Å²) in [4.78, 5) is 24.8. The Bertz CT molecular complexity index is 728. The molecule has 0 aliphatic rings. The van der Waals surface area contributed by atoms with E-state index in [0.717, 1.165) is 12.1 Å². The monoisotopic (exact) mass is 400 g/mol. The normalized spacial score (nSPS) is 11.7. The van der Waals surface area contributed by atoms with Crippen LogP contribution >= 0.6 is 22.6 Å². The molecule has 20 heavy (non-hydrogen) atoms. The predicted molar refractivity (Wildman–Crippen MR) is 70.3 cm³/mol. The van der Waals surface area contributed by atoms with Crippen molar-refractivity contribution in [1.82, 2.24) is 9.55 Å². The molecule has 106 valence electrons. The lowest BCUT2D eigenvalue weighted by Gasteiger charge is -2.09. The van der Waals surface area contributed by atoms with Gasteiger partial charge in [0.15, 0.2) is 0 Å². The maximum Gasteiger partial charge on any atom is 0.431 e. The van der Waals surface area contributed by atoms with E-state index in [4.69, 9.17) is 0 Å². The maximum atomic E-state index is 13.2. The van der Waals surface area contributed by atoms with Gasteiger partial charge in [0.05, 0.1) is 5.69 Å². The molecular formula is C11H5F4IN2O2. The standard InChI is InChI=1S/C11H5F4IN2O2/c12-5-1-6(16)3-7(2-5)18-9(19)4-8(11(13,14)15)17-10(18)20/h1-4H,(H,17,20). The molecule has 0 saturated heterocycles. The van der Waals surface area contributed by atoms with Crippen LogP contribution in [0.3, 0.4) is 0 Å². The van der Waals surface area contributed by atoms with E-state index < -0.39 is 28.9 Å². The molecule has 2 aromatic rings. The van der Waals surface area contributed by atoms with Crippen molar-refractivity contribution in [2.45, 2.75) is 6.18 Å². The molecule has 1 heterocycles. The van der Waals surface area contributed by atoms with Gasteiger partial charge in [0.1, 0.15) is 11.5 Å². The highest BCUT2D eigenvalue weighted by atomic mass is 127. The van der Waals surface area contributed by atoms with Crippen LogP contribution in [0.4, 0.5) is 17.6 Å². The lowest BCUT2D eigenvalue weighted by atomic mass is 10.3. The number of hydrogen-bond acceptors (Lipinski definition) is 2. The van der Waals surface area contributed by atoms with Gasteiger partial charge >= 0.3 is 11.9 Å². The second kappa shape index (κ2) is 5.04. The largest absolute Gasteiger partial charge is 0.431 e. The third-order valence-corrected chi connectivity index (χ3v) is 2.97. The topological polar surface area (TPSA) is 54.9 Å². The Kier molecular flexibility index (Phi) is 3.71. The van der Waals surface area contributed by atoms with Crippen LogP contribution in [0.25, 0.3) is 5.69 Å². The summed E-state index contributed by atoms with van der Waals surface area (Å²) in [6.07, 6.45) is -4.84.